The van der Waals surface area contributed by atoms with E-state index in [0.29, 0.717) is 31.0 Å². The van der Waals surface area contributed by atoms with Crippen LogP contribution in [0.1, 0.15) is 18.9 Å². The molecule has 1 aromatic carbocycles. The first-order valence-corrected chi connectivity index (χ1v) is 6.85. The van der Waals surface area contributed by atoms with Gasteiger partial charge in [0.05, 0.1) is 20.6 Å². The second kappa shape index (κ2) is 8.43. The van der Waals surface area contributed by atoms with Gasteiger partial charge in [0.2, 0.25) is 5.91 Å². The molecule has 20 heavy (non-hydrogen) atoms. The molecule has 0 saturated carbocycles. The SMILES string of the molecule is CCCN(CCN)C(=O)Cc1ccc(OC)c(OC)c1. The van der Waals surface area contributed by atoms with Crippen molar-refractivity contribution in [1.29, 1.82) is 0 Å². The maximum absolute atomic E-state index is 12.2. The molecule has 112 valence electrons. The number of benzene rings is 1. The molecule has 5 heteroatoms. The summed E-state index contributed by atoms with van der Waals surface area (Å²) in [6.07, 6.45) is 1.28. The summed E-state index contributed by atoms with van der Waals surface area (Å²) in [6, 6.07) is 5.53. The van der Waals surface area contributed by atoms with Crippen LogP contribution in [0, 0.1) is 0 Å². The van der Waals surface area contributed by atoms with E-state index in [9.17, 15) is 4.79 Å². The van der Waals surface area contributed by atoms with E-state index in [4.69, 9.17) is 15.2 Å². The second-order valence-corrected chi connectivity index (χ2v) is 4.54. The van der Waals surface area contributed by atoms with Gasteiger partial charge >= 0.3 is 0 Å². The Balaban J connectivity index is 2.78. The number of hydrogen-bond acceptors (Lipinski definition) is 4. The van der Waals surface area contributed by atoms with Gasteiger partial charge in [-0.1, -0.05) is 13.0 Å². The van der Waals surface area contributed by atoms with Gasteiger partial charge in [-0.25, -0.2) is 0 Å². The monoisotopic (exact) mass is 280 g/mol. The Labute approximate surface area is 120 Å². The van der Waals surface area contributed by atoms with E-state index < -0.39 is 0 Å². The quantitative estimate of drug-likeness (QED) is 0.782. The van der Waals surface area contributed by atoms with Crippen molar-refractivity contribution in [3.63, 3.8) is 0 Å². The van der Waals surface area contributed by atoms with E-state index in [1.165, 1.54) is 0 Å². The van der Waals surface area contributed by atoms with Crippen LogP contribution >= 0.6 is 0 Å². The summed E-state index contributed by atoms with van der Waals surface area (Å²) in [6.45, 7) is 3.87. The van der Waals surface area contributed by atoms with Gasteiger partial charge in [0.15, 0.2) is 11.5 Å². The Hall–Kier alpha value is -1.75. The van der Waals surface area contributed by atoms with Gasteiger partial charge in [-0.2, -0.15) is 0 Å². The summed E-state index contributed by atoms with van der Waals surface area (Å²) in [7, 11) is 3.17. The van der Waals surface area contributed by atoms with Gasteiger partial charge < -0.3 is 20.1 Å². The van der Waals surface area contributed by atoms with Gasteiger partial charge in [-0.3, -0.25) is 4.79 Å². The number of nitrogens with two attached hydrogens (primary N) is 1. The molecular weight excluding hydrogens is 256 g/mol. The molecule has 5 nitrogen and oxygen atoms in total. The topological polar surface area (TPSA) is 64.8 Å². The summed E-state index contributed by atoms with van der Waals surface area (Å²) in [5, 5.41) is 0. The van der Waals surface area contributed by atoms with E-state index in [-0.39, 0.29) is 5.91 Å². The number of hydrogen-bond donors (Lipinski definition) is 1. The van der Waals surface area contributed by atoms with Crippen molar-refractivity contribution in [3.8, 4) is 11.5 Å². The lowest BCUT2D eigenvalue weighted by Gasteiger charge is -2.21. The highest BCUT2D eigenvalue weighted by Gasteiger charge is 2.14. The summed E-state index contributed by atoms with van der Waals surface area (Å²) in [5.74, 6) is 1.39. The molecule has 0 spiro atoms. The van der Waals surface area contributed by atoms with E-state index in [0.717, 1.165) is 18.5 Å². The molecule has 0 radical (unpaired) electrons. The van der Waals surface area contributed by atoms with E-state index >= 15 is 0 Å². The van der Waals surface area contributed by atoms with Crippen molar-refractivity contribution >= 4 is 5.91 Å². The first-order valence-electron chi connectivity index (χ1n) is 6.85. The summed E-state index contributed by atoms with van der Waals surface area (Å²) in [4.78, 5) is 14.0. The fraction of sp³-hybridized carbons (Fsp3) is 0.533. The highest BCUT2D eigenvalue weighted by molar-refractivity contribution is 5.79. The summed E-state index contributed by atoms with van der Waals surface area (Å²) in [5.41, 5.74) is 6.45. The minimum Gasteiger partial charge on any atom is -0.493 e. The van der Waals surface area contributed by atoms with Crippen LogP contribution in [0.25, 0.3) is 0 Å². The number of ether oxygens (including phenoxy) is 2. The third kappa shape index (κ3) is 4.42. The molecule has 2 N–H and O–H groups in total. The van der Waals surface area contributed by atoms with Crippen molar-refractivity contribution in [2.75, 3.05) is 33.9 Å². The highest BCUT2D eigenvalue weighted by Crippen LogP contribution is 2.27. The Morgan fingerprint density at radius 1 is 1.20 bits per heavy atom. The number of rotatable bonds is 8. The minimum atomic E-state index is 0.0875. The van der Waals surface area contributed by atoms with Crippen molar-refractivity contribution in [3.05, 3.63) is 23.8 Å². The molecule has 0 atom stereocenters. The number of amides is 1. The highest BCUT2D eigenvalue weighted by atomic mass is 16.5. The molecular formula is C15H24N2O3. The fourth-order valence-corrected chi connectivity index (χ4v) is 2.06. The van der Waals surface area contributed by atoms with E-state index in [2.05, 4.69) is 0 Å². The third-order valence-electron chi connectivity index (χ3n) is 3.05. The fourth-order valence-electron chi connectivity index (χ4n) is 2.06. The molecule has 0 heterocycles. The summed E-state index contributed by atoms with van der Waals surface area (Å²) >= 11 is 0. The Kier molecular flexibility index (Phi) is 6.87. The van der Waals surface area contributed by atoms with Crippen LogP contribution in [-0.2, 0) is 11.2 Å². The molecule has 1 amide bonds. The lowest BCUT2D eigenvalue weighted by molar-refractivity contribution is -0.130. The van der Waals surface area contributed by atoms with Gasteiger partial charge in [0.25, 0.3) is 0 Å². The maximum Gasteiger partial charge on any atom is 0.227 e. The lowest BCUT2D eigenvalue weighted by Crippen LogP contribution is -2.36. The molecule has 1 rings (SSSR count). The molecule has 1 aromatic rings. The molecule has 0 fully saturated rings. The average molecular weight is 280 g/mol. The van der Waals surface area contributed by atoms with Crippen molar-refractivity contribution in [2.24, 2.45) is 5.73 Å². The van der Waals surface area contributed by atoms with Gasteiger partial charge in [0, 0.05) is 19.6 Å². The molecule has 0 saturated heterocycles. The first kappa shape index (κ1) is 16.3. The molecule has 0 unspecified atom stereocenters. The van der Waals surface area contributed by atoms with Gasteiger partial charge in [-0.05, 0) is 24.1 Å². The standard InChI is InChI=1S/C15H24N2O3/c1-4-8-17(9-7-16)15(18)11-12-5-6-13(19-2)14(10-12)20-3/h5-6,10H,4,7-9,11,16H2,1-3H3. The van der Waals surface area contributed by atoms with Crippen molar-refractivity contribution in [1.82, 2.24) is 4.90 Å². The van der Waals surface area contributed by atoms with Crippen LogP contribution in [0.4, 0.5) is 0 Å². The predicted molar refractivity (Wildman–Crippen MR) is 79.2 cm³/mol. The number of nitrogens with zero attached hydrogens (tertiary/aromatic N) is 1. The van der Waals surface area contributed by atoms with Gasteiger partial charge in [0.1, 0.15) is 0 Å². The summed E-state index contributed by atoms with van der Waals surface area (Å²) < 4.78 is 10.4. The normalized spacial score (nSPS) is 10.2. The zero-order valence-electron chi connectivity index (χ0n) is 12.5. The van der Waals surface area contributed by atoms with Crippen LogP contribution in [0.3, 0.4) is 0 Å². The molecule has 0 aliphatic carbocycles. The molecule has 0 bridgehead atoms. The van der Waals surface area contributed by atoms with E-state index in [1.54, 1.807) is 19.1 Å². The first-order chi connectivity index (χ1) is 9.65. The third-order valence-corrected chi connectivity index (χ3v) is 3.05. The second-order valence-electron chi connectivity index (χ2n) is 4.54. The lowest BCUT2D eigenvalue weighted by atomic mass is 10.1. The Morgan fingerprint density at radius 3 is 2.45 bits per heavy atom. The van der Waals surface area contributed by atoms with Crippen molar-refractivity contribution < 1.29 is 14.3 Å². The zero-order chi connectivity index (χ0) is 15.0. The smallest absolute Gasteiger partial charge is 0.227 e. The Morgan fingerprint density at radius 2 is 1.90 bits per heavy atom. The van der Waals surface area contributed by atoms with Crippen molar-refractivity contribution in [2.45, 2.75) is 19.8 Å². The minimum absolute atomic E-state index is 0.0875. The van der Waals surface area contributed by atoms with Crippen LogP contribution in [0.5, 0.6) is 11.5 Å². The average Bonchev–Trinajstić information content (AvgIpc) is 2.46. The van der Waals surface area contributed by atoms with Crippen LogP contribution in [0.2, 0.25) is 0 Å². The number of carbonyl (C=O) groups is 1. The number of carbonyl (C=O) groups excluding carboxylic acids is 1. The molecule has 0 aliphatic heterocycles. The van der Waals surface area contributed by atoms with Crippen LogP contribution in [-0.4, -0.2) is 44.7 Å². The molecule has 0 aromatic heterocycles. The zero-order valence-corrected chi connectivity index (χ0v) is 12.5. The number of methoxy groups -OCH3 is 2. The Bertz CT molecular complexity index is 429. The van der Waals surface area contributed by atoms with Gasteiger partial charge in [-0.15, -0.1) is 0 Å². The van der Waals surface area contributed by atoms with Crippen LogP contribution < -0.4 is 15.2 Å². The predicted octanol–water partition coefficient (Wildman–Crippen LogP) is 1.44. The van der Waals surface area contributed by atoms with E-state index in [1.807, 2.05) is 25.1 Å². The molecule has 0 aliphatic rings. The van der Waals surface area contributed by atoms with Crippen LogP contribution in [0.15, 0.2) is 18.2 Å². The largest absolute Gasteiger partial charge is 0.493 e. The maximum atomic E-state index is 12.2.